The fraction of sp³-hybridized carbons (Fsp3) is 0.238. The van der Waals surface area contributed by atoms with Crippen molar-refractivity contribution in [2.24, 2.45) is 0 Å². The summed E-state index contributed by atoms with van der Waals surface area (Å²) in [6.07, 6.45) is 0. The van der Waals surface area contributed by atoms with Gasteiger partial charge in [-0.15, -0.1) is 0 Å². The molecule has 0 bridgehead atoms. The molecule has 0 aliphatic heterocycles. The Balaban J connectivity index is 1.79. The fourth-order valence-electron chi connectivity index (χ4n) is 2.89. The molecule has 140 valence electrons. The molecule has 2 aromatic carbocycles. The van der Waals surface area contributed by atoms with Crippen LogP contribution in [0.2, 0.25) is 5.15 Å². The largest absolute Gasteiger partial charge is 0.337 e. The number of benzene rings is 2. The quantitative estimate of drug-likeness (QED) is 0.643. The molecule has 1 heterocycles. The second-order valence-electron chi connectivity index (χ2n) is 6.68. The summed E-state index contributed by atoms with van der Waals surface area (Å²) in [6.45, 7) is 4.66. The van der Waals surface area contributed by atoms with Crippen molar-refractivity contribution >= 4 is 17.5 Å². The minimum atomic E-state index is -0.302. The zero-order valence-electron chi connectivity index (χ0n) is 15.5. The maximum atomic E-state index is 13.0. The van der Waals surface area contributed by atoms with E-state index in [1.54, 1.807) is 35.7 Å². The van der Waals surface area contributed by atoms with E-state index >= 15 is 0 Å². The summed E-state index contributed by atoms with van der Waals surface area (Å²) in [6, 6.07) is 14.2. The Bertz CT molecular complexity index is 949. The first-order valence-electron chi connectivity index (χ1n) is 8.63. The Hall–Kier alpha value is -2.66. The van der Waals surface area contributed by atoms with E-state index in [4.69, 9.17) is 11.6 Å². The Labute approximate surface area is 163 Å². The molecule has 3 rings (SSSR count). The van der Waals surface area contributed by atoms with Gasteiger partial charge in [-0.05, 0) is 37.1 Å². The van der Waals surface area contributed by atoms with Crippen molar-refractivity contribution in [1.82, 2.24) is 14.7 Å². The van der Waals surface area contributed by atoms with E-state index < -0.39 is 0 Å². The zero-order chi connectivity index (χ0) is 19.6. The predicted octanol–water partition coefficient (Wildman–Crippen LogP) is 4.61. The summed E-state index contributed by atoms with van der Waals surface area (Å²) in [7, 11) is 1.69. The fourth-order valence-corrected chi connectivity index (χ4v) is 3.21. The molecule has 0 saturated heterocycles. The van der Waals surface area contributed by atoms with E-state index in [0.717, 1.165) is 11.1 Å². The van der Waals surface area contributed by atoms with E-state index in [1.807, 2.05) is 31.2 Å². The van der Waals surface area contributed by atoms with Crippen LogP contribution in [-0.4, -0.2) is 27.6 Å². The van der Waals surface area contributed by atoms with Crippen LogP contribution in [0.1, 0.15) is 32.7 Å². The lowest BCUT2D eigenvalue weighted by Gasteiger charge is -2.17. The van der Waals surface area contributed by atoms with Crippen LogP contribution in [0.25, 0.3) is 0 Å². The number of carbonyl (C=O) groups is 1. The van der Waals surface area contributed by atoms with Gasteiger partial charge in [0.05, 0.1) is 17.8 Å². The van der Waals surface area contributed by atoms with Crippen molar-refractivity contribution in [1.29, 1.82) is 0 Å². The molecule has 0 radical (unpaired) electrons. The average Bonchev–Trinajstić information content (AvgIpc) is 2.91. The molecule has 0 fully saturated rings. The van der Waals surface area contributed by atoms with Crippen LogP contribution in [0.3, 0.4) is 0 Å². The number of aromatic nitrogens is 2. The topological polar surface area (TPSA) is 38.1 Å². The van der Waals surface area contributed by atoms with Gasteiger partial charge in [0, 0.05) is 13.6 Å². The van der Waals surface area contributed by atoms with Gasteiger partial charge in [-0.3, -0.25) is 4.79 Å². The van der Waals surface area contributed by atoms with E-state index in [1.165, 1.54) is 17.7 Å². The van der Waals surface area contributed by atoms with Crippen molar-refractivity contribution in [2.45, 2.75) is 26.9 Å². The van der Waals surface area contributed by atoms with Crippen molar-refractivity contribution in [3.8, 4) is 0 Å². The van der Waals surface area contributed by atoms with Crippen molar-refractivity contribution < 1.29 is 9.18 Å². The number of hydrogen-bond donors (Lipinski definition) is 0. The average molecular weight is 386 g/mol. The molecular weight excluding hydrogens is 365 g/mol. The molecule has 1 aromatic heterocycles. The summed E-state index contributed by atoms with van der Waals surface area (Å²) in [5, 5.41) is 4.76. The first-order valence-corrected chi connectivity index (χ1v) is 9.01. The van der Waals surface area contributed by atoms with Crippen LogP contribution in [0.5, 0.6) is 0 Å². The van der Waals surface area contributed by atoms with Gasteiger partial charge in [-0.1, -0.05) is 53.6 Å². The normalized spacial score (nSPS) is 10.9. The van der Waals surface area contributed by atoms with Crippen LogP contribution in [0, 0.1) is 19.7 Å². The lowest BCUT2D eigenvalue weighted by atomic mass is 10.1. The van der Waals surface area contributed by atoms with Crippen molar-refractivity contribution in [3.63, 3.8) is 0 Å². The molecule has 0 aliphatic rings. The number of rotatable bonds is 5. The SMILES string of the molecule is Cc1ccc(Cn2nc(C)c(C(=O)N(C)Cc3ccc(F)cc3)c2Cl)cc1. The summed E-state index contributed by atoms with van der Waals surface area (Å²) in [5.41, 5.74) is 4.06. The van der Waals surface area contributed by atoms with Crippen LogP contribution >= 0.6 is 11.6 Å². The Kier molecular flexibility index (Phi) is 5.61. The summed E-state index contributed by atoms with van der Waals surface area (Å²) in [4.78, 5) is 14.4. The second-order valence-corrected chi connectivity index (χ2v) is 7.04. The maximum Gasteiger partial charge on any atom is 0.258 e. The lowest BCUT2D eigenvalue weighted by Crippen LogP contribution is -2.26. The summed E-state index contributed by atoms with van der Waals surface area (Å²) in [5.74, 6) is -0.513. The van der Waals surface area contributed by atoms with Gasteiger partial charge in [0.15, 0.2) is 0 Å². The smallest absolute Gasteiger partial charge is 0.258 e. The molecule has 0 aliphatic carbocycles. The van der Waals surface area contributed by atoms with Gasteiger partial charge in [0.1, 0.15) is 11.0 Å². The first-order chi connectivity index (χ1) is 12.8. The number of hydrogen-bond acceptors (Lipinski definition) is 2. The van der Waals surface area contributed by atoms with E-state index in [-0.39, 0.29) is 11.7 Å². The van der Waals surface area contributed by atoms with Gasteiger partial charge in [0.25, 0.3) is 5.91 Å². The lowest BCUT2D eigenvalue weighted by molar-refractivity contribution is 0.0784. The van der Waals surface area contributed by atoms with Gasteiger partial charge in [-0.2, -0.15) is 5.10 Å². The van der Waals surface area contributed by atoms with Crippen LogP contribution in [0.15, 0.2) is 48.5 Å². The Morgan fingerprint density at radius 2 is 1.67 bits per heavy atom. The van der Waals surface area contributed by atoms with E-state index in [2.05, 4.69) is 5.10 Å². The zero-order valence-corrected chi connectivity index (χ0v) is 16.3. The third-order valence-electron chi connectivity index (χ3n) is 4.41. The highest BCUT2D eigenvalue weighted by Crippen LogP contribution is 2.23. The van der Waals surface area contributed by atoms with Gasteiger partial charge >= 0.3 is 0 Å². The molecule has 27 heavy (non-hydrogen) atoms. The maximum absolute atomic E-state index is 13.0. The molecule has 0 N–H and O–H groups in total. The molecule has 0 spiro atoms. The second kappa shape index (κ2) is 7.92. The minimum absolute atomic E-state index is 0.211. The van der Waals surface area contributed by atoms with Gasteiger partial charge < -0.3 is 4.90 Å². The minimum Gasteiger partial charge on any atom is -0.337 e. The third-order valence-corrected chi connectivity index (χ3v) is 4.80. The third kappa shape index (κ3) is 4.37. The number of amides is 1. The highest BCUT2D eigenvalue weighted by molar-refractivity contribution is 6.33. The van der Waals surface area contributed by atoms with Crippen molar-refractivity contribution in [2.75, 3.05) is 7.05 Å². The monoisotopic (exact) mass is 385 g/mol. The standard InChI is InChI=1S/C21H21ClFN3O/c1-14-4-6-17(7-5-14)13-26-20(22)19(15(2)24-26)21(27)25(3)12-16-8-10-18(23)11-9-16/h4-11H,12-13H2,1-3H3. The summed E-state index contributed by atoms with van der Waals surface area (Å²) < 4.78 is 14.7. The molecule has 0 unspecified atom stereocenters. The number of aryl methyl sites for hydroxylation is 2. The highest BCUT2D eigenvalue weighted by Gasteiger charge is 2.23. The van der Waals surface area contributed by atoms with Crippen molar-refractivity contribution in [3.05, 3.63) is 87.4 Å². The van der Waals surface area contributed by atoms with Gasteiger partial charge in [-0.25, -0.2) is 9.07 Å². The number of carbonyl (C=O) groups excluding carboxylic acids is 1. The van der Waals surface area contributed by atoms with Crippen LogP contribution in [0.4, 0.5) is 4.39 Å². The molecule has 6 heteroatoms. The highest BCUT2D eigenvalue weighted by atomic mass is 35.5. The molecule has 1 amide bonds. The Morgan fingerprint density at radius 3 is 2.30 bits per heavy atom. The number of halogens is 2. The van der Waals surface area contributed by atoms with E-state index in [0.29, 0.717) is 29.5 Å². The van der Waals surface area contributed by atoms with Crippen LogP contribution < -0.4 is 0 Å². The molecule has 0 atom stereocenters. The Morgan fingerprint density at radius 1 is 1.07 bits per heavy atom. The van der Waals surface area contributed by atoms with Gasteiger partial charge in [0.2, 0.25) is 0 Å². The predicted molar refractivity (Wildman–Crippen MR) is 104 cm³/mol. The van der Waals surface area contributed by atoms with E-state index in [9.17, 15) is 9.18 Å². The molecule has 0 saturated carbocycles. The molecule has 3 aromatic rings. The summed E-state index contributed by atoms with van der Waals surface area (Å²) >= 11 is 6.48. The molecular formula is C21H21ClFN3O. The number of nitrogens with zero attached hydrogens (tertiary/aromatic N) is 3. The van der Waals surface area contributed by atoms with Crippen LogP contribution in [-0.2, 0) is 13.1 Å². The molecule has 4 nitrogen and oxygen atoms in total. The first kappa shape index (κ1) is 19.1.